The molecule has 0 unspecified atom stereocenters. The maximum absolute atomic E-state index is 12.7. The average Bonchev–Trinajstić information content (AvgIpc) is 2.40. The van der Waals surface area contributed by atoms with Crippen LogP contribution in [0.1, 0.15) is 36.0 Å². The topological polar surface area (TPSA) is 29.5 Å². The molecule has 1 saturated carbocycles. The first kappa shape index (κ1) is 16.2. The molecule has 0 aliphatic heterocycles. The highest BCUT2D eigenvalue weighted by atomic mass is 79.9. The highest BCUT2D eigenvalue weighted by Gasteiger charge is 2.30. The van der Waals surface area contributed by atoms with Crippen molar-refractivity contribution in [2.75, 3.05) is 11.9 Å². The van der Waals surface area contributed by atoms with Crippen molar-refractivity contribution in [1.29, 1.82) is 0 Å². The summed E-state index contributed by atoms with van der Waals surface area (Å²) in [5.41, 5.74) is 0.208. The van der Waals surface area contributed by atoms with Crippen LogP contribution in [-0.2, 0) is 0 Å². The Kier molecular flexibility index (Phi) is 5.96. The van der Waals surface area contributed by atoms with E-state index in [0.29, 0.717) is 6.54 Å². The third kappa shape index (κ3) is 4.15. The molecule has 1 amide bonds. The van der Waals surface area contributed by atoms with Crippen molar-refractivity contribution >= 4 is 21.8 Å². The molecule has 6 heteroatoms. The number of hydrogen-bond acceptors (Lipinski definition) is 2. The van der Waals surface area contributed by atoms with Crippen LogP contribution in [0.5, 0.6) is 5.75 Å². The maximum atomic E-state index is 12.7. The molecule has 0 bridgehead atoms. The fourth-order valence-corrected chi connectivity index (χ4v) is 2.63. The largest absolute Gasteiger partial charge is 0.434 e. The number of carbonyl (C=O) groups is 1. The van der Waals surface area contributed by atoms with Gasteiger partial charge in [-0.1, -0.05) is 28.1 Å². The molecule has 1 aromatic carbocycles. The van der Waals surface area contributed by atoms with E-state index in [1.807, 2.05) is 0 Å². The van der Waals surface area contributed by atoms with Gasteiger partial charge in [-0.2, -0.15) is 8.78 Å². The highest BCUT2D eigenvalue weighted by molar-refractivity contribution is 9.09. The molecule has 1 fully saturated rings. The van der Waals surface area contributed by atoms with E-state index >= 15 is 0 Å². The molecule has 21 heavy (non-hydrogen) atoms. The van der Waals surface area contributed by atoms with Gasteiger partial charge in [-0.3, -0.25) is 4.79 Å². The SMILES string of the molecule is O=C(c1ccccc1OC(F)F)N(CCCBr)C1CCC1. The number of nitrogens with zero attached hydrogens (tertiary/aromatic N) is 1. The van der Waals surface area contributed by atoms with Gasteiger partial charge >= 0.3 is 6.61 Å². The van der Waals surface area contributed by atoms with Gasteiger partial charge in [0.1, 0.15) is 5.75 Å². The van der Waals surface area contributed by atoms with Crippen LogP contribution in [0.2, 0.25) is 0 Å². The quantitative estimate of drug-likeness (QED) is 0.685. The molecule has 0 aromatic heterocycles. The first-order valence-electron chi connectivity index (χ1n) is 7.04. The summed E-state index contributed by atoms with van der Waals surface area (Å²) in [5, 5.41) is 0.804. The van der Waals surface area contributed by atoms with Crippen molar-refractivity contribution in [3.05, 3.63) is 29.8 Å². The summed E-state index contributed by atoms with van der Waals surface area (Å²) in [6.45, 7) is -2.31. The van der Waals surface area contributed by atoms with E-state index in [1.165, 1.54) is 6.07 Å². The van der Waals surface area contributed by atoms with Crippen LogP contribution >= 0.6 is 15.9 Å². The number of benzene rings is 1. The molecule has 0 N–H and O–H groups in total. The number of halogens is 3. The van der Waals surface area contributed by atoms with E-state index < -0.39 is 6.61 Å². The Bertz CT molecular complexity index is 480. The van der Waals surface area contributed by atoms with E-state index in [0.717, 1.165) is 31.0 Å². The summed E-state index contributed by atoms with van der Waals surface area (Å²) >= 11 is 3.36. The molecular weight excluding hydrogens is 344 g/mol. The van der Waals surface area contributed by atoms with Gasteiger partial charge in [-0.15, -0.1) is 0 Å². The molecule has 1 aromatic rings. The Balaban J connectivity index is 2.19. The highest BCUT2D eigenvalue weighted by Crippen LogP contribution is 2.29. The molecule has 3 nitrogen and oxygen atoms in total. The van der Waals surface area contributed by atoms with Crippen molar-refractivity contribution in [1.82, 2.24) is 4.90 Å². The number of para-hydroxylation sites is 1. The van der Waals surface area contributed by atoms with Gasteiger partial charge in [-0.05, 0) is 37.8 Å². The Morgan fingerprint density at radius 2 is 2.10 bits per heavy atom. The second-order valence-corrected chi connectivity index (χ2v) is 5.79. The minimum atomic E-state index is -2.93. The van der Waals surface area contributed by atoms with Crippen LogP contribution < -0.4 is 4.74 Å². The normalized spacial score (nSPS) is 14.9. The summed E-state index contributed by atoms with van der Waals surface area (Å²) < 4.78 is 29.4. The van der Waals surface area contributed by atoms with Crippen LogP contribution in [0, 0.1) is 0 Å². The van der Waals surface area contributed by atoms with Crippen LogP contribution in [0.3, 0.4) is 0 Å². The van der Waals surface area contributed by atoms with E-state index in [4.69, 9.17) is 0 Å². The molecule has 0 radical (unpaired) electrons. The van der Waals surface area contributed by atoms with Gasteiger partial charge in [0.25, 0.3) is 5.91 Å². The summed E-state index contributed by atoms with van der Waals surface area (Å²) in [6, 6.07) is 6.41. The second kappa shape index (κ2) is 7.73. The third-order valence-corrected chi connectivity index (χ3v) is 4.20. The van der Waals surface area contributed by atoms with E-state index in [1.54, 1.807) is 23.1 Å². The number of alkyl halides is 3. The molecule has 116 valence electrons. The van der Waals surface area contributed by atoms with Gasteiger partial charge < -0.3 is 9.64 Å². The molecular formula is C15H18BrF2NO2. The Morgan fingerprint density at radius 1 is 1.38 bits per heavy atom. The second-order valence-electron chi connectivity index (χ2n) is 5.00. The van der Waals surface area contributed by atoms with Gasteiger partial charge in [0, 0.05) is 17.9 Å². The van der Waals surface area contributed by atoms with E-state index in [2.05, 4.69) is 20.7 Å². The fraction of sp³-hybridized carbons (Fsp3) is 0.533. The zero-order valence-corrected chi connectivity index (χ0v) is 13.2. The number of hydrogen-bond donors (Lipinski definition) is 0. The van der Waals surface area contributed by atoms with Crippen molar-refractivity contribution in [3.8, 4) is 5.75 Å². The number of rotatable bonds is 7. The summed E-state index contributed by atoms with van der Waals surface area (Å²) in [7, 11) is 0. The van der Waals surface area contributed by atoms with Crippen LogP contribution in [0.4, 0.5) is 8.78 Å². The monoisotopic (exact) mass is 361 g/mol. The average molecular weight is 362 g/mol. The molecule has 2 rings (SSSR count). The number of ether oxygens (including phenoxy) is 1. The van der Waals surface area contributed by atoms with Crippen molar-refractivity contribution in [3.63, 3.8) is 0 Å². The summed E-state index contributed by atoms with van der Waals surface area (Å²) in [5.74, 6) is -0.280. The zero-order chi connectivity index (χ0) is 15.2. The molecule has 0 atom stereocenters. The molecule has 1 aliphatic rings. The lowest BCUT2D eigenvalue weighted by Gasteiger charge is -2.37. The lowest BCUT2D eigenvalue weighted by molar-refractivity contribution is -0.0503. The van der Waals surface area contributed by atoms with E-state index in [-0.39, 0.29) is 23.3 Å². The Labute approximate surface area is 131 Å². The van der Waals surface area contributed by atoms with Gasteiger partial charge in [0.05, 0.1) is 5.56 Å². The number of carbonyl (C=O) groups excluding carboxylic acids is 1. The van der Waals surface area contributed by atoms with Crippen molar-refractivity contribution in [2.24, 2.45) is 0 Å². The summed E-state index contributed by atoms with van der Waals surface area (Å²) in [6.07, 6.45) is 3.90. The standard InChI is InChI=1S/C15H18BrF2NO2/c16-9-4-10-19(11-5-3-6-11)14(20)12-7-1-2-8-13(12)21-15(17)18/h1-2,7-8,11,15H,3-6,9-10H2. The van der Waals surface area contributed by atoms with Gasteiger partial charge in [-0.25, -0.2) is 0 Å². The molecule has 0 heterocycles. The van der Waals surface area contributed by atoms with Crippen molar-refractivity contribution in [2.45, 2.75) is 38.3 Å². The van der Waals surface area contributed by atoms with E-state index in [9.17, 15) is 13.6 Å². The first-order chi connectivity index (χ1) is 10.1. The molecule has 0 saturated heterocycles. The first-order valence-corrected chi connectivity index (χ1v) is 8.16. The Morgan fingerprint density at radius 3 is 2.67 bits per heavy atom. The lowest BCUT2D eigenvalue weighted by atomic mass is 9.90. The lowest BCUT2D eigenvalue weighted by Crippen LogP contribution is -2.45. The van der Waals surface area contributed by atoms with Gasteiger partial charge in [0.15, 0.2) is 0 Å². The predicted molar refractivity (Wildman–Crippen MR) is 80.2 cm³/mol. The van der Waals surface area contributed by atoms with Crippen LogP contribution in [0.15, 0.2) is 24.3 Å². The Hall–Kier alpha value is -1.17. The summed E-state index contributed by atoms with van der Waals surface area (Å²) in [4.78, 5) is 14.5. The molecule has 1 aliphatic carbocycles. The van der Waals surface area contributed by atoms with Gasteiger partial charge in [0.2, 0.25) is 0 Å². The van der Waals surface area contributed by atoms with Crippen molar-refractivity contribution < 1.29 is 18.3 Å². The van der Waals surface area contributed by atoms with Crippen LogP contribution in [0.25, 0.3) is 0 Å². The zero-order valence-electron chi connectivity index (χ0n) is 11.6. The predicted octanol–water partition coefficient (Wildman–Crippen LogP) is 4.07. The molecule has 0 spiro atoms. The fourth-order valence-electron chi connectivity index (χ4n) is 2.38. The minimum Gasteiger partial charge on any atom is -0.434 e. The van der Waals surface area contributed by atoms with Crippen LogP contribution in [-0.4, -0.2) is 35.3 Å². The number of amides is 1. The third-order valence-electron chi connectivity index (χ3n) is 3.64. The minimum absolute atomic E-state index is 0.0549. The maximum Gasteiger partial charge on any atom is 0.387 e. The smallest absolute Gasteiger partial charge is 0.387 e.